The molecule has 92 valence electrons. The normalized spacial score (nSPS) is 13.3. The van der Waals surface area contributed by atoms with Gasteiger partial charge in [-0.15, -0.1) is 0 Å². The fraction of sp³-hybridized carbons (Fsp3) is 0.833. The average molecular weight is 224 g/mol. The molecule has 0 radical (unpaired) electrons. The number of aromatic nitrogens is 3. The first kappa shape index (κ1) is 13.2. The number of rotatable bonds is 7. The van der Waals surface area contributed by atoms with Crippen LogP contribution in [0.15, 0.2) is 6.33 Å². The largest absolute Gasteiger partial charge is 0.308 e. The minimum absolute atomic E-state index is 0.484. The van der Waals surface area contributed by atoms with Crippen LogP contribution in [0, 0.1) is 5.92 Å². The molecule has 4 nitrogen and oxygen atoms in total. The number of hydrogen-bond acceptors (Lipinski definition) is 3. The topological polar surface area (TPSA) is 42.7 Å². The molecule has 0 amide bonds. The molecule has 0 bridgehead atoms. The Bertz CT molecular complexity index is 293. The van der Waals surface area contributed by atoms with E-state index in [-0.39, 0.29) is 0 Å². The van der Waals surface area contributed by atoms with Crippen molar-refractivity contribution in [3.8, 4) is 0 Å². The van der Waals surface area contributed by atoms with E-state index < -0.39 is 0 Å². The van der Waals surface area contributed by atoms with E-state index in [4.69, 9.17) is 0 Å². The highest BCUT2D eigenvalue weighted by atomic mass is 15.3. The summed E-state index contributed by atoms with van der Waals surface area (Å²) in [5.74, 6) is 1.71. The molecule has 4 heteroatoms. The molecule has 0 aliphatic carbocycles. The predicted octanol–water partition coefficient (Wildman–Crippen LogP) is 2.21. The molecule has 1 atom stereocenters. The van der Waals surface area contributed by atoms with Gasteiger partial charge in [-0.05, 0) is 12.3 Å². The van der Waals surface area contributed by atoms with Crippen molar-refractivity contribution in [2.45, 2.75) is 59.7 Å². The van der Waals surface area contributed by atoms with E-state index in [1.807, 2.05) is 4.68 Å². The first-order valence-electron chi connectivity index (χ1n) is 6.23. The quantitative estimate of drug-likeness (QED) is 0.772. The highest BCUT2D eigenvalue weighted by Crippen LogP contribution is 2.08. The van der Waals surface area contributed by atoms with Crippen LogP contribution >= 0.6 is 0 Å². The number of nitrogens with zero attached hydrogens (tertiary/aromatic N) is 3. The van der Waals surface area contributed by atoms with Crippen molar-refractivity contribution in [2.75, 3.05) is 0 Å². The number of hydrogen-bond donors (Lipinski definition) is 1. The molecule has 1 aromatic rings. The van der Waals surface area contributed by atoms with Crippen molar-refractivity contribution in [3.05, 3.63) is 12.2 Å². The van der Waals surface area contributed by atoms with E-state index >= 15 is 0 Å². The zero-order valence-corrected chi connectivity index (χ0v) is 10.9. The maximum absolute atomic E-state index is 4.29. The van der Waals surface area contributed by atoms with Gasteiger partial charge in [-0.3, -0.25) is 0 Å². The lowest BCUT2D eigenvalue weighted by molar-refractivity contribution is 0.403. The van der Waals surface area contributed by atoms with Gasteiger partial charge in [0.25, 0.3) is 0 Å². The summed E-state index contributed by atoms with van der Waals surface area (Å²) in [5, 5.41) is 7.65. The average Bonchev–Trinajstić information content (AvgIpc) is 2.62. The second-order valence-electron chi connectivity index (χ2n) is 4.79. The lowest BCUT2D eigenvalue weighted by Crippen LogP contribution is -2.25. The predicted molar refractivity (Wildman–Crippen MR) is 66.1 cm³/mol. The molecule has 0 fully saturated rings. The van der Waals surface area contributed by atoms with Gasteiger partial charge >= 0.3 is 0 Å². The van der Waals surface area contributed by atoms with E-state index in [0.29, 0.717) is 12.0 Å². The van der Waals surface area contributed by atoms with Crippen LogP contribution in [0.3, 0.4) is 0 Å². The zero-order valence-electron chi connectivity index (χ0n) is 10.9. The third-order valence-electron chi connectivity index (χ3n) is 2.63. The molecule has 1 unspecified atom stereocenters. The van der Waals surface area contributed by atoms with Gasteiger partial charge in [0, 0.05) is 12.6 Å². The Labute approximate surface area is 98.5 Å². The van der Waals surface area contributed by atoms with Gasteiger partial charge in [0.2, 0.25) is 0 Å². The molecule has 0 spiro atoms. The summed E-state index contributed by atoms with van der Waals surface area (Å²) < 4.78 is 2.02. The lowest BCUT2D eigenvalue weighted by Gasteiger charge is -2.13. The SMILES string of the molecule is CCCC(C)Cn1ncnc1CNC(C)C. The monoisotopic (exact) mass is 224 g/mol. The molecular formula is C12H24N4. The van der Waals surface area contributed by atoms with Crippen LogP contribution in [-0.4, -0.2) is 20.8 Å². The fourth-order valence-electron chi connectivity index (χ4n) is 1.75. The molecular weight excluding hydrogens is 200 g/mol. The van der Waals surface area contributed by atoms with Crippen molar-refractivity contribution in [1.82, 2.24) is 20.1 Å². The Morgan fingerprint density at radius 3 is 2.75 bits per heavy atom. The van der Waals surface area contributed by atoms with Gasteiger partial charge < -0.3 is 5.32 Å². The summed E-state index contributed by atoms with van der Waals surface area (Å²) in [6, 6.07) is 0.484. The van der Waals surface area contributed by atoms with Gasteiger partial charge in [0.05, 0.1) is 6.54 Å². The van der Waals surface area contributed by atoms with E-state index in [1.165, 1.54) is 12.8 Å². The third kappa shape index (κ3) is 4.31. The molecule has 0 aliphatic heterocycles. The van der Waals surface area contributed by atoms with Crippen molar-refractivity contribution in [1.29, 1.82) is 0 Å². The third-order valence-corrected chi connectivity index (χ3v) is 2.63. The summed E-state index contributed by atoms with van der Waals surface area (Å²) in [5.41, 5.74) is 0. The standard InChI is InChI=1S/C12H24N4/c1-5-6-11(4)8-16-12(14-9-15-16)7-13-10(2)3/h9-11,13H,5-8H2,1-4H3. The van der Waals surface area contributed by atoms with Gasteiger partial charge in [0.15, 0.2) is 0 Å². The smallest absolute Gasteiger partial charge is 0.140 e. The lowest BCUT2D eigenvalue weighted by atomic mass is 10.1. The molecule has 0 aliphatic rings. The minimum atomic E-state index is 0.484. The summed E-state index contributed by atoms with van der Waals surface area (Å²) in [7, 11) is 0. The highest BCUT2D eigenvalue weighted by Gasteiger charge is 2.08. The van der Waals surface area contributed by atoms with Crippen LogP contribution in [0.1, 0.15) is 46.4 Å². The zero-order chi connectivity index (χ0) is 12.0. The number of nitrogens with one attached hydrogen (secondary N) is 1. The summed E-state index contributed by atoms with van der Waals surface area (Å²) in [4.78, 5) is 4.29. The van der Waals surface area contributed by atoms with Crippen LogP contribution in [0.2, 0.25) is 0 Å². The Hall–Kier alpha value is -0.900. The Morgan fingerprint density at radius 1 is 1.38 bits per heavy atom. The van der Waals surface area contributed by atoms with E-state index in [0.717, 1.165) is 18.9 Å². The van der Waals surface area contributed by atoms with Crippen LogP contribution in [0.25, 0.3) is 0 Å². The molecule has 0 saturated carbocycles. The van der Waals surface area contributed by atoms with E-state index in [1.54, 1.807) is 6.33 Å². The Kier molecular flexibility index (Phi) is 5.46. The maximum Gasteiger partial charge on any atom is 0.140 e. The van der Waals surface area contributed by atoms with Crippen LogP contribution < -0.4 is 5.32 Å². The second-order valence-corrected chi connectivity index (χ2v) is 4.79. The van der Waals surface area contributed by atoms with Gasteiger partial charge in [0.1, 0.15) is 12.2 Å². The second kappa shape index (κ2) is 6.63. The van der Waals surface area contributed by atoms with Crippen LogP contribution in [0.4, 0.5) is 0 Å². The van der Waals surface area contributed by atoms with Crippen LogP contribution in [0.5, 0.6) is 0 Å². The first-order valence-corrected chi connectivity index (χ1v) is 6.23. The van der Waals surface area contributed by atoms with Gasteiger partial charge in [-0.1, -0.05) is 34.1 Å². The van der Waals surface area contributed by atoms with Crippen molar-refractivity contribution in [2.24, 2.45) is 5.92 Å². The van der Waals surface area contributed by atoms with Gasteiger partial charge in [-0.2, -0.15) is 5.10 Å². The molecule has 1 rings (SSSR count). The summed E-state index contributed by atoms with van der Waals surface area (Å²) in [6.07, 6.45) is 4.13. The van der Waals surface area contributed by atoms with Gasteiger partial charge in [-0.25, -0.2) is 9.67 Å². The van der Waals surface area contributed by atoms with Crippen molar-refractivity contribution >= 4 is 0 Å². The Morgan fingerprint density at radius 2 is 2.12 bits per heavy atom. The maximum atomic E-state index is 4.29. The van der Waals surface area contributed by atoms with E-state index in [2.05, 4.69) is 43.1 Å². The van der Waals surface area contributed by atoms with E-state index in [9.17, 15) is 0 Å². The molecule has 1 N–H and O–H groups in total. The van der Waals surface area contributed by atoms with Crippen LogP contribution in [-0.2, 0) is 13.1 Å². The molecule has 1 aromatic heterocycles. The van der Waals surface area contributed by atoms with Crippen molar-refractivity contribution in [3.63, 3.8) is 0 Å². The minimum Gasteiger partial charge on any atom is -0.308 e. The molecule has 0 aromatic carbocycles. The highest BCUT2D eigenvalue weighted by molar-refractivity contribution is 4.84. The summed E-state index contributed by atoms with van der Waals surface area (Å²) >= 11 is 0. The first-order chi connectivity index (χ1) is 7.63. The Balaban J connectivity index is 2.49. The molecule has 1 heterocycles. The molecule has 0 saturated heterocycles. The molecule has 16 heavy (non-hydrogen) atoms. The fourth-order valence-corrected chi connectivity index (χ4v) is 1.75. The van der Waals surface area contributed by atoms with Crippen molar-refractivity contribution < 1.29 is 0 Å². The summed E-state index contributed by atoms with van der Waals surface area (Å²) in [6.45, 7) is 10.5.